The fourth-order valence-electron chi connectivity index (χ4n) is 0.438. The Hall–Kier alpha value is -0.860. The summed E-state index contributed by atoms with van der Waals surface area (Å²) >= 11 is 0. The van der Waals surface area contributed by atoms with Crippen molar-refractivity contribution in [2.45, 2.75) is 6.92 Å². The number of hydrogen-bond donors (Lipinski definition) is 0. The summed E-state index contributed by atoms with van der Waals surface area (Å²) in [7, 11) is 3.21. The highest BCUT2D eigenvalue weighted by atomic mass is 16.2. The summed E-state index contributed by atoms with van der Waals surface area (Å²) in [4.78, 5) is 22.0. The van der Waals surface area contributed by atoms with Crippen LogP contribution in [0.25, 0.3) is 0 Å². The molecule has 9 heavy (non-hydrogen) atoms. The molecule has 0 saturated carbocycles. The van der Waals surface area contributed by atoms with Gasteiger partial charge in [0.15, 0.2) is 0 Å². The van der Waals surface area contributed by atoms with Gasteiger partial charge in [-0.3, -0.25) is 9.59 Å². The Kier molecular flexibility index (Phi) is 2.91. The summed E-state index contributed by atoms with van der Waals surface area (Å²) in [5.41, 5.74) is 0. The van der Waals surface area contributed by atoms with Crippen LogP contribution in [0.3, 0.4) is 0 Å². The van der Waals surface area contributed by atoms with Crippen molar-refractivity contribution in [2.75, 3.05) is 14.1 Å². The van der Waals surface area contributed by atoms with Gasteiger partial charge in [-0.15, -0.1) is 0 Å². The largest absolute Gasteiger partial charge is 0.348 e. The third-order valence-electron chi connectivity index (χ3n) is 0.988. The molecule has 1 atom stereocenters. The smallest absolute Gasteiger partial charge is 0.232 e. The maximum absolute atomic E-state index is 10.7. The van der Waals surface area contributed by atoms with Gasteiger partial charge in [0.1, 0.15) is 5.92 Å². The standard InChI is InChI=1S/C6H10NO2/c1-5(4-8)6(9)7(2)3/h5H,1-3H3. The molecular formula is C6H10NO2. The molecule has 0 aromatic carbocycles. The molecule has 1 unspecified atom stereocenters. The highest BCUT2D eigenvalue weighted by molar-refractivity contribution is 5.91. The van der Waals surface area contributed by atoms with E-state index >= 15 is 0 Å². The average Bonchev–Trinajstić information content (AvgIpc) is 1.84. The van der Waals surface area contributed by atoms with Gasteiger partial charge in [0.25, 0.3) is 0 Å². The van der Waals surface area contributed by atoms with Crippen molar-refractivity contribution in [3.8, 4) is 0 Å². The maximum Gasteiger partial charge on any atom is 0.232 e. The lowest BCUT2D eigenvalue weighted by molar-refractivity contribution is -0.130. The first-order valence-electron chi connectivity index (χ1n) is 2.68. The quantitative estimate of drug-likeness (QED) is 0.484. The molecule has 3 heteroatoms. The van der Waals surface area contributed by atoms with Crippen LogP contribution in [0.2, 0.25) is 0 Å². The van der Waals surface area contributed by atoms with E-state index in [-0.39, 0.29) is 5.91 Å². The molecular weight excluding hydrogens is 118 g/mol. The van der Waals surface area contributed by atoms with E-state index in [4.69, 9.17) is 0 Å². The van der Waals surface area contributed by atoms with E-state index < -0.39 is 5.92 Å². The Bertz CT molecular complexity index is 120. The molecule has 0 aliphatic carbocycles. The number of rotatable bonds is 2. The first-order valence-corrected chi connectivity index (χ1v) is 2.68. The highest BCUT2D eigenvalue weighted by Gasteiger charge is 2.13. The molecule has 0 aromatic rings. The zero-order chi connectivity index (χ0) is 7.44. The molecule has 0 spiro atoms. The van der Waals surface area contributed by atoms with Crippen LogP contribution in [0.4, 0.5) is 0 Å². The number of hydrogen-bond acceptors (Lipinski definition) is 2. The second-order valence-corrected chi connectivity index (χ2v) is 2.07. The first-order chi connectivity index (χ1) is 4.09. The molecule has 0 saturated heterocycles. The minimum Gasteiger partial charge on any atom is -0.348 e. The van der Waals surface area contributed by atoms with Crippen molar-refractivity contribution in [3.63, 3.8) is 0 Å². The normalized spacial score (nSPS) is 12.3. The van der Waals surface area contributed by atoms with E-state index in [2.05, 4.69) is 0 Å². The summed E-state index contributed by atoms with van der Waals surface area (Å²) in [6.45, 7) is 1.52. The van der Waals surface area contributed by atoms with Gasteiger partial charge in [-0.1, -0.05) is 0 Å². The summed E-state index contributed by atoms with van der Waals surface area (Å²) in [5.74, 6) is -0.829. The second-order valence-electron chi connectivity index (χ2n) is 2.07. The summed E-state index contributed by atoms with van der Waals surface area (Å²) < 4.78 is 0. The highest BCUT2D eigenvalue weighted by Crippen LogP contribution is 1.92. The van der Waals surface area contributed by atoms with Crippen LogP contribution in [-0.4, -0.2) is 31.2 Å². The van der Waals surface area contributed by atoms with E-state index in [0.717, 1.165) is 0 Å². The van der Waals surface area contributed by atoms with Gasteiger partial charge in [-0.25, -0.2) is 0 Å². The Labute approximate surface area is 54.6 Å². The molecule has 0 aromatic heterocycles. The predicted octanol–water partition coefficient (Wildman–Crippen LogP) is -0.180. The molecule has 0 aliphatic rings. The molecule has 0 fully saturated rings. The zero-order valence-electron chi connectivity index (χ0n) is 5.84. The number of nitrogens with zero attached hydrogens (tertiary/aromatic N) is 1. The third-order valence-corrected chi connectivity index (χ3v) is 0.988. The van der Waals surface area contributed by atoms with Crippen LogP contribution in [0.15, 0.2) is 0 Å². The molecule has 1 radical (unpaired) electrons. The van der Waals surface area contributed by atoms with Crippen LogP contribution in [-0.2, 0) is 9.59 Å². The molecule has 3 nitrogen and oxygen atoms in total. The van der Waals surface area contributed by atoms with Crippen LogP contribution < -0.4 is 0 Å². The SMILES string of the molecule is CC([C]=O)C(=O)N(C)C. The molecule has 51 valence electrons. The summed E-state index contributed by atoms with van der Waals surface area (Å²) in [6.07, 6.45) is 1.60. The van der Waals surface area contributed by atoms with Gasteiger partial charge in [-0.05, 0) is 6.92 Å². The fraction of sp³-hybridized carbons (Fsp3) is 0.667. The summed E-state index contributed by atoms with van der Waals surface area (Å²) in [6, 6.07) is 0. The minimum atomic E-state index is -0.625. The van der Waals surface area contributed by atoms with Gasteiger partial charge < -0.3 is 4.90 Å². The van der Waals surface area contributed by atoms with E-state index in [1.807, 2.05) is 0 Å². The van der Waals surface area contributed by atoms with Gasteiger partial charge >= 0.3 is 0 Å². The van der Waals surface area contributed by atoms with Crippen molar-refractivity contribution in [2.24, 2.45) is 5.92 Å². The molecule has 0 heterocycles. The van der Waals surface area contributed by atoms with E-state index in [9.17, 15) is 9.59 Å². The van der Waals surface area contributed by atoms with Gasteiger partial charge in [0.2, 0.25) is 12.2 Å². The minimum absolute atomic E-state index is 0.204. The third kappa shape index (κ3) is 2.26. The van der Waals surface area contributed by atoms with Crippen molar-refractivity contribution >= 4 is 12.2 Å². The van der Waals surface area contributed by atoms with Gasteiger partial charge in [0.05, 0.1) is 0 Å². The molecule has 1 amide bonds. The molecule has 0 N–H and O–H groups in total. The van der Waals surface area contributed by atoms with Gasteiger partial charge in [0, 0.05) is 14.1 Å². The van der Waals surface area contributed by atoms with Crippen molar-refractivity contribution in [1.82, 2.24) is 4.90 Å². The molecule has 0 aliphatic heterocycles. The Morgan fingerprint density at radius 3 is 2.11 bits per heavy atom. The predicted molar refractivity (Wildman–Crippen MR) is 33.6 cm³/mol. The monoisotopic (exact) mass is 128 g/mol. The number of carbonyl (C=O) groups excluding carboxylic acids is 2. The fourth-order valence-corrected chi connectivity index (χ4v) is 0.438. The van der Waals surface area contributed by atoms with E-state index in [1.54, 1.807) is 20.4 Å². The molecule has 0 rings (SSSR count). The van der Waals surface area contributed by atoms with Crippen LogP contribution in [0, 0.1) is 5.92 Å². The Balaban J connectivity index is 3.87. The van der Waals surface area contributed by atoms with E-state index in [1.165, 1.54) is 11.8 Å². The maximum atomic E-state index is 10.7. The van der Waals surface area contributed by atoms with Crippen molar-refractivity contribution in [3.05, 3.63) is 0 Å². The van der Waals surface area contributed by atoms with E-state index in [0.29, 0.717) is 0 Å². The first kappa shape index (κ1) is 8.14. The lowest BCUT2D eigenvalue weighted by atomic mass is 10.2. The summed E-state index contributed by atoms with van der Waals surface area (Å²) in [5, 5.41) is 0. The number of carbonyl (C=O) groups is 1. The number of amides is 1. The van der Waals surface area contributed by atoms with Crippen LogP contribution in [0.5, 0.6) is 0 Å². The van der Waals surface area contributed by atoms with Crippen LogP contribution >= 0.6 is 0 Å². The average molecular weight is 128 g/mol. The Morgan fingerprint density at radius 2 is 2.00 bits per heavy atom. The topological polar surface area (TPSA) is 37.4 Å². The van der Waals surface area contributed by atoms with Crippen LogP contribution in [0.1, 0.15) is 6.92 Å². The van der Waals surface area contributed by atoms with Crippen molar-refractivity contribution < 1.29 is 9.59 Å². The van der Waals surface area contributed by atoms with Crippen molar-refractivity contribution in [1.29, 1.82) is 0 Å². The molecule has 0 bridgehead atoms. The van der Waals surface area contributed by atoms with Gasteiger partial charge in [-0.2, -0.15) is 0 Å². The lowest BCUT2D eigenvalue weighted by Gasteiger charge is -2.10. The zero-order valence-corrected chi connectivity index (χ0v) is 5.84. The second kappa shape index (κ2) is 3.22. The Morgan fingerprint density at radius 1 is 1.56 bits per heavy atom. The lowest BCUT2D eigenvalue weighted by Crippen LogP contribution is -2.28.